The van der Waals surface area contributed by atoms with E-state index in [9.17, 15) is 9.59 Å². The van der Waals surface area contributed by atoms with Crippen LogP contribution in [0, 0.1) is 0 Å². The topological polar surface area (TPSA) is 142 Å². The molecule has 10 heteroatoms. The number of methoxy groups -OCH3 is 2. The predicted molar refractivity (Wildman–Crippen MR) is 150 cm³/mol. The molecule has 196 valence electrons. The number of Topliss-reactive ketones (excluding diaryl/α,β-unsaturated/α-hetero) is 2. The van der Waals surface area contributed by atoms with Crippen LogP contribution < -0.4 is 26.3 Å². The maximum absolute atomic E-state index is 13.2. The van der Waals surface area contributed by atoms with Gasteiger partial charge in [0, 0.05) is 40.6 Å². The van der Waals surface area contributed by atoms with Crippen molar-refractivity contribution in [3.63, 3.8) is 0 Å². The highest BCUT2D eigenvalue weighted by atomic mass is 35.5. The Balaban J connectivity index is 1.53. The van der Waals surface area contributed by atoms with E-state index in [1.165, 1.54) is 0 Å². The van der Waals surface area contributed by atoms with Crippen molar-refractivity contribution in [1.82, 2.24) is 9.97 Å². The van der Waals surface area contributed by atoms with E-state index in [0.29, 0.717) is 40.6 Å². The van der Waals surface area contributed by atoms with Crippen molar-refractivity contribution in [1.29, 1.82) is 0 Å². The van der Waals surface area contributed by atoms with Crippen molar-refractivity contribution in [3.8, 4) is 22.6 Å². The number of rotatable bonds is 7. The number of aromatic nitrogens is 2. The Kier molecular flexibility index (Phi) is 6.91. The first-order valence-corrected chi connectivity index (χ1v) is 12.3. The molecule has 9 nitrogen and oxygen atoms in total. The van der Waals surface area contributed by atoms with Crippen LogP contribution in [0.4, 0.5) is 17.5 Å². The van der Waals surface area contributed by atoms with Gasteiger partial charge in [0.25, 0.3) is 0 Å². The molecule has 0 fully saturated rings. The van der Waals surface area contributed by atoms with Crippen molar-refractivity contribution in [2.24, 2.45) is 0 Å². The number of benzene rings is 3. The Bertz CT molecular complexity index is 1670. The molecule has 0 aliphatic heterocycles. The molecular formula is C29H24ClN5O4. The fraction of sp³-hybridized carbons (Fsp3) is 0.103. The summed E-state index contributed by atoms with van der Waals surface area (Å²) in [6, 6.07) is 17.7. The van der Waals surface area contributed by atoms with Gasteiger partial charge in [0.1, 0.15) is 16.5 Å². The average Bonchev–Trinajstić information content (AvgIpc) is 2.95. The number of nitrogens with one attached hydrogen (secondary N) is 1. The van der Waals surface area contributed by atoms with Crippen LogP contribution in [-0.2, 0) is 6.42 Å². The lowest BCUT2D eigenvalue weighted by Crippen LogP contribution is -2.24. The SMILES string of the molecule is COc1cc(Cc2cnc(N)nc2N)cc(-c2cccc(NC3=C(Cl)C(=O)c4ccccc4C3=O)c2)c1OC. The maximum atomic E-state index is 13.2. The summed E-state index contributed by atoms with van der Waals surface area (Å²) in [5.74, 6) is 0.679. The first-order chi connectivity index (χ1) is 18.8. The summed E-state index contributed by atoms with van der Waals surface area (Å²) in [5, 5.41) is 2.90. The van der Waals surface area contributed by atoms with Gasteiger partial charge in [0.2, 0.25) is 17.5 Å². The number of allylic oxidation sites excluding steroid dienone is 2. The van der Waals surface area contributed by atoms with Crippen molar-refractivity contribution in [2.75, 3.05) is 31.0 Å². The number of nitrogen functional groups attached to an aromatic ring is 2. The van der Waals surface area contributed by atoms with Gasteiger partial charge in [-0.25, -0.2) is 4.98 Å². The number of hydrogen-bond acceptors (Lipinski definition) is 9. The summed E-state index contributed by atoms with van der Waals surface area (Å²) in [6.45, 7) is 0. The number of carbonyl (C=O) groups excluding carboxylic acids is 2. The number of ketones is 2. The molecule has 5 rings (SSSR count). The first kappa shape index (κ1) is 25.7. The first-order valence-electron chi connectivity index (χ1n) is 11.9. The molecule has 0 radical (unpaired) electrons. The molecule has 0 saturated carbocycles. The summed E-state index contributed by atoms with van der Waals surface area (Å²) in [7, 11) is 3.12. The van der Waals surface area contributed by atoms with Crippen LogP contribution in [-0.4, -0.2) is 35.8 Å². The minimum absolute atomic E-state index is 0.0228. The van der Waals surface area contributed by atoms with Crippen LogP contribution in [0.5, 0.6) is 11.5 Å². The highest BCUT2D eigenvalue weighted by molar-refractivity contribution is 6.50. The number of hydrogen-bond donors (Lipinski definition) is 3. The number of carbonyl (C=O) groups is 2. The number of anilines is 3. The average molecular weight is 542 g/mol. The molecule has 0 amide bonds. The number of fused-ring (bicyclic) bond motifs is 1. The number of halogens is 1. The smallest absolute Gasteiger partial charge is 0.221 e. The molecule has 4 aromatic rings. The summed E-state index contributed by atoms with van der Waals surface area (Å²) in [6.07, 6.45) is 2.02. The number of nitrogens with zero attached hydrogens (tertiary/aromatic N) is 2. The molecule has 1 heterocycles. The highest BCUT2D eigenvalue weighted by Gasteiger charge is 2.31. The molecule has 39 heavy (non-hydrogen) atoms. The van der Waals surface area contributed by atoms with E-state index in [-0.39, 0.29) is 28.0 Å². The van der Waals surface area contributed by atoms with Gasteiger partial charge in [-0.15, -0.1) is 0 Å². The second kappa shape index (κ2) is 10.5. The van der Waals surface area contributed by atoms with E-state index < -0.39 is 5.78 Å². The van der Waals surface area contributed by atoms with Crippen LogP contribution in [0.3, 0.4) is 0 Å². The zero-order valence-corrected chi connectivity index (χ0v) is 21.9. The standard InChI is InChI=1S/C29H24ClN5O4/c1-38-22-12-15(10-17-14-33-29(32)35-28(17)31)11-21(27(22)39-2)16-6-5-7-18(13-16)34-24-23(30)25(36)19-8-3-4-9-20(19)26(24)37/h3-9,11-14,34H,10H2,1-2H3,(H4,31,32,33,35). The van der Waals surface area contributed by atoms with E-state index in [4.69, 9.17) is 32.5 Å². The molecule has 1 aromatic heterocycles. The summed E-state index contributed by atoms with van der Waals surface area (Å²) in [4.78, 5) is 34.0. The van der Waals surface area contributed by atoms with Crippen molar-refractivity contribution >= 4 is 40.6 Å². The Morgan fingerprint density at radius 3 is 2.33 bits per heavy atom. The largest absolute Gasteiger partial charge is 0.493 e. The van der Waals surface area contributed by atoms with Gasteiger partial charge < -0.3 is 26.3 Å². The van der Waals surface area contributed by atoms with E-state index >= 15 is 0 Å². The summed E-state index contributed by atoms with van der Waals surface area (Å²) in [5.41, 5.74) is 15.9. The zero-order chi connectivity index (χ0) is 27.7. The third-order valence-electron chi connectivity index (χ3n) is 6.36. The van der Waals surface area contributed by atoms with Crippen LogP contribution in [0.15, 0.2) is 77.6 Å². The van der Waals surface area contributed by atoms with Crippen LogP contribution >= 0.6 is 11.6 Å². The summed E-state index contributed by atoms with van der Waals surface area (Å²) < 4.78 is 11.3. The van der Waals surface area contributed by atoms with Gasteiger partial charge >= 0.3 is 0 Å². The third kappa shape index (κ3) is 4.87. The Hall–Kier alpha value is -4.89. The fourth-order valence-electron chi connectivity index (χ4n) is 4.49. The highest BCUT2D eigenvalue weighted by Crippen LogP contribution is 2.41. The van der Waals surface area contributed by atoms with Crippen LogP contribution in [0.1, 0.15) is 31.8 Å². The molecule has 0 atom stereocenters. The lowest BCUT2D eigenvalue weighted by atomic mass is 9.92. The molecule has 0 bridgehead atoms. The third-order valence-corrected chi connectivity index (χ3v) is 6.72. The molecule has 0 saturated heterocycles. The zero-order valence-electron chi connectivity index (χ0n) is 21.1. The van der Waals surface area contributed by atoms with Gasteiger partial charge in [0.05, 0.1) is 14.2 Å². The van der Waals surface area contributed by atoms with Gasteiger partial charge in [0.15, 0.2) is 11.5 Å². The Morgan fingerprint density at radius 2 is 1.64 bits per heavy atom. The van der Waals surface area contributed by atoms with E-state index in [2.05, 4.69) is 15.3 Å². The minimum atomic E-state index is -0.407. The second-order valence-electron chi connectivity index (χ2n) is 8.79. The molecular weight excluding hydrogens is 518 g/mol. The molecule has 3 aromatic carbocycles. The van der Waals surface area contributed by atoms with E-state index in [1.54, 1.807) is 50.7 Å². The quantitative estimate of drug-likeness (QED) is 0.299. The molecule has 0 spiro atoms. The maximum Gasteiger partial charge on any atom is 0.221 e. The van der Waals surface area contributed by atoms with Gasteiger partial charge in [-0.2, -0.15) is 4.98 Å². The van der Waals surface area contributed by atoms with E-state index in [1.807, 2.05) is 30.3 Å². The second-order valence-corrected chi connectivity index (χ2v) is 9.17. The lowest BCUT2D eigenvalue weighted by molar-refractivity contribution is 0.0982. The monoisotopic (exact) mass is 541 g/mol. The fourth-order valence-corrected chi connectivity index (χ4v) is 4.73. The van der Waals surface area contributed by atoms with Crippen molar-refractivity contribution in [2.45, 2.75) is 6.42 Å². The van der Waals surface area contributed by atoms with Crippen LogP contribution in [0.25, 0.3) is 11.1 Å². The molecule has 5 N–H and O–H groups in total. The van der Waals surface area contributed by atoms with Gasteiger partial charge in [-0.1, -0.05) is 48.0 Å². The number of ether oxygens (including phenoxy) is 2. The van der Waals surface area contributed by atoms with E-state index in [0.717, 1.165) is 16.7 Å². The number of nitrogens with two attached hydrogens (primary N) is 2. The predicted octanol–water partition coefficient (Wildman–Crippen LogP) is 4.86. The Labute approximate surface area is 229 Å². The normalized spacial score (nSPS) is 12.8. The lowest BCUT2D eigenvalue weighted by Gasteiger charge is -2.20. The Morgan fingerprint density at radius 1 is 0.897 bits per heavy atom. The molecule has 1 aliphatic carbocycles. The van der Waals surface area contributed by atoms with Crippen LogP contribution in [0.2, 0.25) is 0 Å². The van der Waals surface area contributed by atoms with Gasteiger partial charge in [-0.3, -0.25) is 9.59 Å². The van der Waals surface area contributed by atoms with Crippen molar-refractivity contribution < 1.29 is 19.1 Å². The summed E-state index contributed by atoms with van der Waals surface area (Å²) >= 11 is 6.35. The van der Waals surface area contributed by atoms with Crippen molar-refractivity contribution in [3.05, 3.63) is 99.8 Å². The molecule has 1 aliphatic rings. The minimum Gasteiger partial charge on any atom is -0.493 e. The van der Waals surface area contributed by atoms with Gasteiger partial charge in [-0.05, 0) is 35.4 Å². The molecule has 0 unspecified atom stereocenters.